The van der Waals surface area contributed by atoms with E-state index in [1.54, 1.807) is 6.07 Å². The number of nitriles is 1. The smallest absolute Gasteiger partial charge is 0.348 e. The lowest BCUT2D eigenvalue weighted by molar-refractivity contribution is -0.386. The third kappa shape index (κ3) is 2.80. The van der Waals surface area contributed by atoms with Crippen LogP contribution in [0.2, 0.25) is 0 Å². The van der Waals surface area contributed by atoms with Gasteiger partial charge in [0.1, 0.15) is 18.2 Å². The zero-order valence-electron chi connectivity index (χ0n) is 10.3. The van der Waals surface area contributed by atoms with Crippen LogP contribution < -0.4 is 10.5 Å². The molecule has 7 nitrogen and oxygen atoms in total. The number of nitrogens with zero attached hydrogens (tertiary/aromatic N) is 3. The van der Waals surface area contributed by atoms with Gasteiger partial charge in [-0.2, -0.15) is 5.26 Å². The van der Waals surface area contributed by atoms with E-state index < -0.39 is 16.1 Å². The summed E-state index contributed by atoms with van der Waals surface area (Å²) >= 11 is 0. The Morgan fingerprint density at radius 2 is 2.26 bits per heavy atom. The van der Waals surface area contributed by atoms with Crippen molar-refractivity contribution in [1.82, 2.24) is 4.98 Å². The minimum absolute atomic E-state index is 0.0625. The van der Waals surface area contributed by atoms with Crippen LogP contribution in [0.1, 0.15) is 31.2 Å². The van der Waals surface area contributed by atoms with Gasteiger partial charge in [-0.15, -0.1) is 0 Å². The van der Waals surface area contributed by atoms with Gasteiger partial charge in [-0.1, -0.05) is 12.8 Å². The van der Waals surface area contributed by atoms with Crippen molar-refractivity contribution in [2.24, 2.45) is 5.73 Å². The molecule has 1 fully saturated rings. The third-order valence-electron chi connectivity index (χ3n) is 3.29. The maximum atomic E-state index is 11.0. The van der Waals surface area contributed by atoms with Gasteiger partial charge < -0.3 is 10.5 Å². The van der Waals surface area contributed by atoms with E-state index in [0.717, 1.165) is 25.7 Å². The lowest BCUT2D eigenvalue weighted by Crippen LogP contribution is -2.42. The molecule has 2 rings (SSSR count). The highest BCUT2D eigenvalue weighted by Gasteiger charge is 2.32. The number of ether oxygens (including phenoxy) is 1. The van der Waals surface area contributed by atoms with Crippen molar-refractivity contribution in [3.05, 3.63) is 27.9 Å². The summed E-state index contributed by atoms with van der Waals surface area (Å²) in [6.07, 6.45) is 5.05. The molecular weight excluding hydrogens is 248 g/mol. The molecule has 0 unspecified atom stereocenters. The van der Waals surface area contributed by atoms with Crippen LogP contribution in [0.4, 0.5) is 5.69 Å². The van der Waals surface area contributed by atoms with Crippen LogP contribution in [0.3, 0.4) is 0 Å². The van der Waals surface area contributed by atoms with Gasteiger partial charge in [0.25, 0.3) is 5.88 Å². The molecule has 0 amide bonds. The summed E-state index contributed by atoms with van der Waals surface area (Å²) in [6, 6.07) is 3.05. The second-order valence-electron chi connectivity index (χ2n) is 4.74. The molecule has 1 aromatic heterocycles. The van der Waals surface area contributed by atoms with E-state index in [-0.39, 0.29) is 18.1 Å². The highest BCUT2D eigenvalue weighted by atomic mass is 16.6. The van der Waals surface area contributed by atoms with Gasteiger partial charge in [-0.05, 0) is 18.9 Å². The molecule has 0 atom stereocenters. The normalized spacial score (nSPS) is 16.8. The topological polar surface area (TPSA) is 115 Å². The van der Waals surface area contributed by atoms with Gasteiger partial charge in [-0.25, -0.2) is 4.98 Å². The molecule has 0 aromatic carbocycles. The third-order valence-corrected chi connectivity index (χ3v) is 3.29. The minimum atomic E-state index is -0.654. The van der Waals surface area contributed by atoms with Gasteiger partial charge in [-0.3, -0.25) is 10.1 Å². The molecule has 0 spiro atoms. The standard InChI is InChI=1S/C12H14N4O3/c13-7-9-3-6-15-11(10(9)16(17)18)19-8-12(14)4-1-2-5-12/h3,6H,1-2,4-5,8,14H2. The van der Waals surface area contributed by atoms with Crippen molar-refractivity contribution < 1.29 is 9.66 Å². The summed E-state index contributed by atoms with van der Waals surface area (Å²) in [7, 11) is 0. The highest BCUT2D eigenvalue weighted by molar-refractivity contribution is 5.54. The summed E-state index contributed by atoms with van der Waals surface area (Å²) in [5.74, 6) is -0.138. The van der Waals surface area contributed by atoms with Crippen LogP contribution in [0.5, 0.6) is 5.88 Å². The number of rotatable bonds is 4. The Hall–Kier alpha value is -2.20. The maximum absolute atomic E-state index is 11.0. The second kappa shape index (κ2) is 5.20. The lowest BCUT2D eigenvalue weighted by atomic mass is 10.0. The number of nitrogens with two attached hydrogens (primary N) is 1. The number of hydrogen-bond donors (Lipinski definition) is 1. The molecule has 0 bridgehead atoms. The van der Waals surface area contributed by atoms with Crippen molar-refractivity contribution in [2.45, 2.75) is 31.2 Å². The van der Waals surface area contributed by atoms with Crippen molar-refractivity contribution in [3.63, 3.8) is 0 Å². The molecule has 100 valence electrons. The maximum Gasteiger partial charge on any atom is 0.348 e. The molecule has 1 aliphatic rings. The van der Waals surface area contributed by atoms with Crippen molar-refractivity contribution >= 4 is 5.69 Å². The lowest BCUT2D eigenvalue weighted by Gasteiger charge is -2.22. The first-order chi connectivity index (χ1) is 9.06. The van der Waals surface area contributed by atoms with Gasteiger partial charge >= 0.3 is 5.69 Å². The van der Waals surface area contributed by atoms with E-state index in [9.17, 15) is 10.1 Å². The molecule has 2 N–H and O–H groups in total. The summed E-state index contributed by atoms with van der Waals surface area (Å²) in [6.45, 7) is 0.176. The molecule has 1 aromatic rings. The second-order valence-corrected chi connectivity index (χ2v) is 4.74. The molecule has 1 aliphatic carbocycles. The highest BCUT2D eigenvalue weighted by Crippen LogP contribution is 2.31. The van der Waals surface area contributed by atoms with Gasteiger partial charge in [0.2, 0.25) is 0 Å². The number of pyridine rings is 1. The zero-order valence-corrected chi connectivity index (χ0v) is 10.3. The summed E-state index contributed by atoms with van der Waals surface area (Å²) in [4.78, 5) is 14.2. The summed E-state index contributed by atoms with van der Waals surface area (Å²) in [5.41, 5.74) is 5.21. The molecular formula is C12H14N4O3. The van der Waals surface area contributed by atoms with E-state index in [1.807, 2.05) is 0 Å². The molecule has 0 radical (unpaired) electrons. The van der Waals surface area contributed by atoms with Gasteiger partial charge in [0.15, 0.2) is 0 Å². The molecule has 1 saturated carbocycles. The van der Waals surface area contributed by atoms with Gasteiger partial charge in [0, 0.05) is 6.20 Å². The van der Waals surface area contributed by atoms with Crippen LogP contribution in [0.25, 0.3) is 0 Å². The fraction of sp³-hybridized carbons (Fsp3) is 0.500. The monoisotopic (exact) mass is 262 g/mol. The predicted molar refractivity (Wildman–Crippen MR) is 66.5 cm³/mol. The van der Waals surface area contributed by atoms with Crippen molar-refractivity contribution in [3.8, 4) is 11.9 Å². The van der Waals surface area contributed by atoms with Crippen LogP contribution >= 0.6 is 0 Å². The molecule has 7 heteroatoms. The van der Waals surface area contributed by atoms with Crippen LogP contribution in [0.15, 0.2) is 12.3 Å². The van der Waals surface area contributed by atoms with Crippen LogP contribution in [-0.2, 0) is 0 Å². The first kappa shape index (κ1) is 13.2. The number of aromatic nitrogens is 1. The zero-order chi connectivity index (χ0) is 13.9. The van der Waals surface area contributed by atoms with Crippen LogP contribution in [-0.4, -0.2) is 22.1 Å². The Morgan fingerprint density at radius 1 is 1.58 bits per heavy atom. The van der Waals surface area contributed by atoms with Gasteiger partial charge in [0.05, 0.1) is 10.5 Å². The Balaban J connectivity index is 2.21. The van der Waals surface area contributed by atoms with E-state index >= 15 is 0 Å². The molecule has 0 aliphatic heterocycles. The average molecular weight is 262 g/mol. The molecule has 1 heterocycles. The first-order valence-electron chi connectivity index (χ1n) is 6.01. The quantitative estimate of drug-likeness (QED) is 0.649. The number of hydrogen-bond acceptors (Lipinski definition) is 6. The van der Waals surface area contributed by atoms with Crippen LogP contribution in [0, 0.1) is 21.4 Å². The average Bonchev–Trinajstić information content (AvgIpc) is 2.83. The fourth-order valence-corrected chi connectivity index (χ4v) is 2.24. The molecule has 19 heavy (non-hydrogen) atoms. The van der Waals surface area contributed by atoms with E-state index in [4.69, 9.17) is 15.7 Å². The number of nitro groups is 1. The van der Waals surface area contributed by atoms with Crippen molar-refractivity contribution in [1.29, 1.82) is 5.26 Å². The Bertz CT molecular complexity index is 532. The summed E-state index contributed by atoms with van der Waals surface area (Å²) in [5, 5.41) is 19.8. The minimum Gasteiger partial charge on any atom is -0.471 e. The largest absolute Gasteiger partial charge is 0.471 e. The first-order valence-corrected chi connectivity index (χ1v) is 6.01. The predicted octanol–water partition coefficient (Wildman–Crippen LogP) is 1.51. The SMILES string of the molecule is N#Cc1ccnc(OCC2(N)CCCC2)c1[N+](=O)[O-]. The Labute approximate surface area is 110 Å². The van der Waals surface area contributed by atoms with E-state index in [1.165, 1.54) is 12.3 Å². The van der Waals surface area contributed by atoms with E-state index in [2.05, 4.69) is 4.98 Å². The molecule has 0 saturated heterocycles. The Kier molecular flexibility index (Phi) is 3.62. The summed E-state index contributed by atoms with van der Waals surface area (Å²) < 4.78 is 5.40. The fourth-order valence-electron chi connectivity index (χ4n) is 2.24. The van der Waals surface area contributed by atoms with Crippen molar-refractivity contribution in [2.75, 3.05) is 6.61 Å². The Morgan fingerprint density at radius 3 is 2.84 bits per heavy atom. The van der Waals surface area contributed by atoms with E-state index in [0.29, 0.717) is 0 Å².